The largest absolute Gasteiger partial charge is 0.272 e. The van der Waals surface area contributed by atoms with Crippen LogP contribution in [0.1, 0.15) is 24.0 Å². The van der Waals surface area contributed by atoms with Crippen LogP contribution in [0.3, 0.4) is 0 Å². The fraction of sp³-hybridized carbons (Fsp3) is 0.286. The highest BCUT2D eigenvalue weighted by Crippen LogP contribution is 2.12. The second kappa shape index (κ2) is 5.60. The summed E-state index contributed by atoms with van der Waals surface area (Å²) in [5, 5.41) is 0.863. The van der Waals surface area contributed by atoms with E-state index < -0.39 is 0 Å². The van der Waals surface area contributed by atoms with Crippen molar-refractivity contribution in [1.29, 1.82) is 0 Å². The third kappa shape index (κ3) is 2.84. The van der Waals surface area contributed by atoms with Crippen LogP contribution >= 0.6 is 0 Å². The van der Waals surface area contributed by atoms with Crippen LogP contribution in [0.4, 0.5) is 0 Å². The Bertz CT molecular complexity index is 478. The van der Waals surface area contributed by atoms with Gasteiger partial charge in [0.15, 0.2) is 0 Å². The lowest BCUT2D eigenvalue weighted by Crippen LogP contribution is -2.29. The van der Waals surface area contributed by atoms with E-state index in [1.807, 2.05) is 37.3 Å². The Balaban J connectivity index is 1.87. The van der Waals surface area contributed by atoms with Crippen molar-refractivity contribution in [2.75, 3.05) is 6.61 Å². The lowest BCUT2D eigenvalue weighted by atomic mass is 10.1. The topological polar surface area (TPSA) is 46.6 Å². The SMILES string of the molecule is Cc1ccccc1/C=C/CON1C(=O)CCC1=O. The standard InChI is InChI=1S/C14H15NO3/c1-11-5-2-3-6-12(11)7-4-10-18-15-13(16)8-9-14(15)17/h2-7H,8-10H2,1H3/b7-4+. The average Bonchev–Trinajstić information content (AvgIpc) is 2.67. The Labute approximate surface area is 106 Å². The predicted octanol–water partition coefficient (Wildman–Crippen LogP) is 2.09. The lowest BCUT2D eigenvalue weighted by Gasteiger charge is -2.11. The van der Waals surface area contributed by atoms with Crippen molar-refractivity contribution in [3.8, 4) is 0 Å². The quantitative estimate of drug-likeness (QED) is 0.763. The molecule has 1 saturated heterocycles. The maximum absolute atomic E-state index is 11.3. The van der Waals surface area contributed by atoms with Crippen LogP contribution in [0.5, 0.6) is 0 Å². The van der Waals surface area contributed by atoms with E-state index in [-0.39, 0.29) is 31.3 Å². The molecule has 0 N–H and O–H groups in total. The third-order valence-corrected chi connectivity index (χ3v) is 2.79. The fourth-order valence-electron chi connectivity index (χ4n) is 1.77. The van der Waals surface area contributed by atoms with Gasteiger partial charge >= 0.3 is 0 Å². The van der Waals surface area contributed by atoms with Gasteiger partial charge in [0.05, 0.1) is 6.61 Å². The van der Waals surface area contributed by atoms with Gasteiger partial charge in [-0.3, -0.25) is 14.4 Å². The summed E-state index contributed by atoms with van der Waals surface area (Å²) in [6.07, 6.45) is 4.21. The third-order valence-electron chi connectivity index (χ3n) is 2.79. The minimum absolute atomic E-state index is 0.214. The predicted molar refractivity (Wildman–Crippen MR) is 67.3 cm³/mol. The number of aryl methyl sites for hydroxylation is 1. The molecule has 94 valence electrons. The summed E-state index contributed by atoms with van der Waals surface area (Å²) in [6, 6.07) is 7.96. The summed E-state index contributed by atoms with van der Waals surface area (Å²) in [6.45, 7) is 2.24. The van der Waals surface area contributed by atoms with Crippen molar-refractivity contribution < 1.29 is 14.4 Å². The number of carbonyl (C=O) groups is 2. The van der Waals surface area contributed by atoms with Gasteiger partial charge in [-0.1, -0.05) is 36.4 Å². The van der Waals surface area contributed by atoms with Crippen LogP contribution in [0, 0.1) is 6.92 Å². The first-order valence-electron chi connectivity index (χ1n) is 5.89. The number of hydroxylamine groups is 2. The molecule has 1 heterocycles. The summed E-state index contributed by atoms with van der Waals surface area (Å²) >= 11 is 0. The molecule has 1 aliphatic rings. The van der Waals surface area contributed by atoms with Crippen molar-refractivity contribution in [3.05, 3.63) is 41.5 Å². The molecule has 0 atom stereocenters. The maximum Gasteiger partial charge on any atom is 0.254 e. The zero-order chi connectivity index (χ0) is 13.0. The molecule has 1 aromatic rings. The van der Waals surface area contributed by atoms with Crippen LogP contribution in [-0.2, 0) is 14.4 Å². The number of benzene rings is 1. The monoisotopic (exact) mass is 245 g/mol. The highest BCUT2D eigenvalue weighted by atomic mass is 16.7. The molecular formula is C14H15NO3. The van der Waals surface area contributed by atoms with E-state index in [0.29, 0.717) is 0 Å². The Kier molecular flexibility index (Phi) is 3.89. The number of amides is 2. The molecule has 4 nitrogen and oxygen atoms in total. The molecule has 0 bridgehead atoms. The second-order valence-electron chi connectivity index (χ2n) is 4.14. The molecule has 2 amide bonds. The Morgan fingerprint density at radius 2 is 1.89 bits per heavy atom. The van der Waals surface area contributed by atoms with Crippen LogP contribution in [-0.4, -0.2) is 23.5 Å². The zero-order valence-corrected chi connectivity index (χ0v) is 10.3. The molecule has 0 aliphatic carbocycles. The molecule has 1 aromatic carbocycles. The summed E-state index contributed by atoms with van der Waals surface area (Å²) in [4.78, 5) is 27.7. The Hall–Kier alpha value is -1.94. The molecular weight excluding hydrogens is 230 g/mol. The van der Waals surface area contributed by atoms with E-state index in [0.717, 1.165) is 10.6 Å². The molecule has 0 spiro atoms. The smallest absolute Gasteiger partial charge is 0.254 e. The van der Waals surface area contributed by atoms with E-state index in [4.69, 9.17) is 4.84 Å². The average molecular weight is 245 g/mol. The van der Waals surface area contributed by atoms with Gasteiger partial charge < -0.3 is 0 Å². The zero-order valence-electron chi connectivity index (χ0n) is 10.3. The number of nitrogens with zero attached hydrogens (tertiary/aromatic N) is 1. The summed E-state index contributed by atoms with van der Waals surface area (Å²) < 4.78 is 0. The fourth-order valence-corrected chi connectivity index (χ4v) is 1.77. The van der Waals surface area contributed by atoms with Gasteiger partial charge in [0.25, 0.3) is 11.8 Å². The van der Waals surface area contributed by atoms with Gasteiger partial charge in [-0.15, -0.1) is 0 Å². The molecule has 4 heteroatoms. The van der Waals surface area contributed by atoms with Crippen molar-refractivity contribution in [2.45, 2.75) is 19.8 Å². The first-order chi connectivity index (χ1) is 8.68. The summed E-state index contributed by atoms with van der Waals surface area (Å²) in [7, 11) is 0. The first-order valence-corrected chi connectivity index (χ1v) is 5.89. The van der Waals surface area contributed by atoms with Crippen molar-refractivity contribution in [3.63, 3.8) is 0 Å². The Morgan fingerprint density at radius 3 is 2.56 bits per heavy atom. The number of carbonyl (C=O) groups excluding carboxylic acids is 2. The molecule has 1 fully saturated rings. The minimum Gasteiger partial charge on any atom is -0.272 e. The van der Waals surface area contributed by atoms with Gasteiger partial charge in [0, 0.05) is 12.8 Å². The van der Waals surface area contributed by atoms with Crippen molar-refractivity contribution >= 4 is 17.9 Å². The van der Waals surface area contributed by atoms with Gasteiger partial charge in [0.1, 0.15) is 0 Å². The van der Waals surface area contributed by atoms with Gasteiger partial charge in [0.2, 0.25) is 0 Å². The van der Waals surface area contributed by atoms with E-state index in [9.17, 15) is 9.59 Å². The number of rotatable bonds is 4. The van der Waals surface area contributed by atoms with E-state index in [1.54, 1.807) is 6.08 Å². The first kappa shape index (κ1) is 12.5. The maximum atomic E-state index is 11.3. The van der Waals surface area contributed by atoms with Crippen LogP contribution in [0.2, 0.25) is 0 Å². The normalized spacial score (nSPS) is 15.9. The van der Waals surface area contributed by atoms with Gasteiger partial charge in [-0.05, 0) is 18.1 Å². The summed E-state index contributed by atoms with van der Waals surface area (Å²) in [5.74, 6) is -0.520. The molecule has 0 unspecified atom stereocenters. The van der Waals surface area contributed by atoms with Crippen molar-refractivity contribution in [1.82, 2.24) is 5.06 Å². The van der Waals surface area contributed by atoms with Crippen LogP contribution in [0.15, 0.2) is 30.3 Å². The van der Waals surface area contributed by atoms with Crippen molar-refractivity contribution in [2.24, 2.45) is 0 Å². The molecule has 0 aromatic heterocycles. The molecule has 18 heavy (non-hydrogen) atoms. The minimum atomic E-state index is -0.260. The molecule has 0 radical (unpaired) electrons. The molecule has 2 rings (SSSR count). The highest BCUT2D eigenvalue weighted by molar-refractivity contribution is 6.00. The van der Waals surface area contributed by atoms with Gasteiger partial charge in [-0.2, -0.15) is 5.06 Å². The molecule has 0 saturated carbocycles. The van der Waals surface area contributed by atoms with Gasteiger partial charge in [-0.25, -0.2) is 0 Å². The van der Waals surface area contributed by atoms with E-state index >= 15 is 0 Å². The highest BCUT2D eigenvalue weighted by Gasteiger charge is 2.29. The van der Waals surface area contributed by atoms with Crippen LogP contribution < -0.4 is 0 Å². The number of hydrogen-bond donors (Lipinski definition) is 0. The van der Waals surface area contributed by atoms with E-state index in [1.165, 1.54) is 5.56 Å². The Morgan fingerprint density at radius 1 is 1.22 bits per heavy atom. The lowest BCUT2D eigenvalue weighted by molar-refractivity contribution is -0.184. The molecule has 1 aliphatic heterocycles. The summed E-state index contributed by atoms with van der Waals surface area (Å²) in [5.41, 5.74) is 2.27. The second-order valence-corrected chi connectivity index (χ2v) is 4.14. The number of imide groups is 1. The van der Waals surface area contributed by atoms with E-state index in [2.05, 4.69) is 0 Å². The number of hydrogen-bond acceptors (Lipinski definition) is 3. The van der Waals surface area contributed by atoms with Crippen LogP contribution in [0.25, 0.3) is 6.08 Å².